The van der Waals surface area contributed by atoms with E-state index < -0.39 is 5.95 Å². The van der Waals surface area contributed by atoms with Gasteiger partial charge < -0.3 is 6.53 Å². The lowest BCUT2D eigenvalue weighted by atomic mass is 10.2. The molecule has 0 saturated carbocycles. The van der Waals surface area contributed by atoms with E-state index in [-0.39, 0.29) is 8.03 Å². The molecular weight excluding hydrogens is 439 g/mol. The minimum Gasteiger partial charge on any atom is -1.00 e. The molecule has 0 atom stereocenters. The maximum absolute atomic E-state index is 12.0. The number of aryl methyl sites for hydroxylation is 1. The number of nitrogens with zero attached hydrogens (tertiary/aromatic N) is 2. The van der Waals surface area contributed by atoms with Crippen LogP contribution in [0.25, 0.3) is 0 Å². The van der Waals surface area contributed by atoms with Gasteiger partial charge in [-0.2, -0.15) is 4.39 Å². The fourth-order valence-corrected chi connectivity index (χ4v) is 2.23. The summed E-state index contributed by atoms with van der Waals surface area (Å²) in [6.45, 7) is 2.10. The van der Waals surface area contributed by atoms with Gasteiger partial charge >= 0.3 is 0 Å². The van der Waals surface area contributed by atoms with E-state index >= 15 is 0 Å². The van der Waals surface area contributed by atoms with E-state index in [9.17, 15) is 4.39 Å². The van der Waals surface area contributed by atoms with Crippen molar-refractivity contribution in [2.45, 2.75) is 13.5 Å². The molecule has 0 aliphatic rings. The Hall–Kier alpha value is -1.63. The highest BCUT2D eigenvalue weighted by atomic mass is 79.9. The molecule has 0 unspecified atom stereocenters. The highest BCUT2D eigenvalue weighted by molar-refractivity contribution is 9.10. The molecule has 0 radical (unpaired) electrons. The van der Waals surface area contributed by atoms with E-state index in [0.29, 0.717) is 4.47 Å². The molecule has 1 N–H and O–H groups in total. The topological polar surface area (TPSA) is 46.0 Å². The van der Waals surface area contributed by atoms with Crippen LogP contribution in [0.1, 0.15) is 12.7 Å². The minimum absolute atomic E-state index is 0. The summed E-state index contributed by atoms with van der Waals surface area (Å²) in [5.41, 5.74) is 2.01. The summed E-state index contributed by atoms with van der Waals surface area (Å²) in [5, 5.41) is 8.54. The number of aliphatic hydroxyl groups is 1. The second-order valence-electron chi connectivity index (χ2n) is 4.56. The van der Waals surface area contributed by atoms with Gasteiger partial charge in [0.2, 0.25) is 5.95 Å². The van der Waals surface area contributed by atoms with Crippen molar-refractivity contribution in [2.24, 2.45) is 0 Å². The van der Waals surface area contributed by atoms with Gasteiger partial charge in [0.25, 0.3) is 0 Å². The van der Waals surface area contributed by atoms with Crippen molar-refractivity contribution in [3.05, 3.63) is 93.1 Å². The Labute approximate surface area is 159 Å². The van der Waals surface area contributed by atoms with Crippen molar-refractivity contribution >= 4 is 31.9 Å². The van der Waals surface area contributed by atoms with Gasteiger partial charge in [-0.15, -0.1) is 0 Å². The van der Waals surface area contributed by atoms with E-state index in [2.05, 4.69) is 41.8 Å². The van der Waals surface area contributed by atoms with Crippen LogP contribution in [0.5, 0.6) is 0 Å². The molecule has 0 spiro atoms. The number of aromatic nitrogens is 2. The molecule has 0 aliphatic carbocycles. The van der Waals surface area contributed by atoms with E-state index in [1.165, 1.54) is 12.3 Å². The lowest BCUT2D eigenvalue weighted by Gasteiger charge is -1.89. The highest BCUT2D eigenvalue weighted by Gasteiger charge is 1.88. The van der Waals surface area contributed by atoms with Gasteiger partial charge in [0.05, 0.1) is 6.61 Å². The third kappa shape index (κ3) is 9.50. The van der Waals surface area contributed by atoms with Crippen molar-refractivity contribution in [2.75, 3.05) is 0 Å². The molecule has 0 amide bonds. The van der Waals surface area contributed by atoms with E-state index in [1.54, 1.807) is 12.3 Å². The lowest BCUT2D eigenvalue weighted by molar-refractivity contribution is 0.282. The number of aliphatic hydroxyl groups excluding tert-OH is 1. The molecule has 0 saturated heterocycles. The number of benzene rings is 1. The van der Waals surface area contributed by atoms with Crippen LogP contribution in [-0.4, -0.2) is 15.1 Å². The first-order valence-electron chi connectivity index (χ1n) is 7.01. The Morgan fingerprint density at radius 1 is 0.958 bits per heavy atom. The van der Waals surface area contributed by atoms with Crippen molar-refractivity contribution in [3.8, 4) is 0 Å². The Morgan fingerprint density at radius 3 is 1.88 bits per heavy atom. The number of pyridine rings is 2. The predicted octanol–water partition coefficient (Wildman–Crippen LogP) is 5.43. The Kier molecular flexibility index (Phi) is 10.1. The average molecular weight is 458 g/mol. The van der Waals surface area contributed by atoms with Crippen LogP contribution >= 0.6 is 31.9 Å². The van der Waals surface area contributed by atoms with Crippen LogP contribution < -0.4 is 0 Å². The fourth-order valence-electron chi connectivity index (χ4n) is 1.47. The molecule has 1 aromatic carbocycles. The number of hydrogen-bond donors (Lipinski definition) is 1. The first-order chi connectivity index (χ1) is 11.5. The van der Waals surface area contributed by atoms with Gasteiger partial charge in [-0.25, -0.2) is 4.98 Å². The number of halogens is 3. The first-order valence-corrected chi connectivity index (χ1v) is 8.60. The Bertz CT molecular complexity index is 655. The quantitative estimate of drug-likeness (QED) is 0.495. The standard InChI is InChI=1S/C7H8O.C6H6BrN.C5H3BrFN.H/c8-6-7-4-2-1-3-5-7;1-5-4-6(7)2-3-8-5;6-4-1-2-8-5(7)3-4;/h1-5,8H,6H2;2-4H,1H3;1-3H;/q;;;-1/i;;;1+1. The fraction of sp³-hybridized carbons (Fsp3) is 0.111. The monoisotopic (exact) mass is 456 g/mol. The van der Waals surface area contributed by atoms with E-state index in [0.717, 1.165) is 15.7 Å². The summed E-state index contributed by atoms with van der Waals surface area (Å²) in [5.74, 6) is -0.459. The van der Waals surface area contributed by atoms with Crippen LogP contribution in [0, 0.1) is 12.9 Å². The second-order valence-corrected chi connectivity index (χ2v) is 6.39. The summed E-state index contributed by atoms with van der Waals surface area (Å²) < 4.78 is 13.8. The van der Waals surface area contributed by atoms with Gasteiger partial charge in [0.15, 0.2) is 0 Å². The Balaban J connectivity index is 0.000000339. The zero-order chi connectivity index (χ0) is 17.8. The van der Waals surface area contributed by atoms with Crippen LogP contribution in [-0.2, 0) is 6.61 Å². The summed E-state index contributed by atoms with van der Waals surface area (Å²) in [6.07, 6.45) is 3.18. The summed E-state index contributed by atoms with van der Waals surface area (Å²) in [4.78, 5) is 7.35. The molecule has 2 heterocycles. The van der Waals surface area contributed by atoms with Gasteiger partial charge in [-0.3, -0.25) is 4.98 Å². The van der Waals surface area contributed by atoms with Crippen LogP contribution in [0.4, 0.5) is 4.39 Å². The molecule has 0 aliphatic heterocycles. The normalized spacial score (nSPS) is 9.21. The average Bonchev–Trinajstić information content (AvgIpc) is 2.56. The van der Waals surface area contributed by atoms with Gasteiger partial charge in [0.1, 0.15) is 0 Å². The molecule has 24 heavy (non-hydrogen) atoms. The molecule has 3 rings (SSSR count). The molecule has 128 valence electrons. The third-order valence-corrected chi connectivity index (χ3v) is 3.56. The summed E-state index contributed by atoms with van der Waals surface area (Å²) in [6, 6.07) is 16.4. The van der Waals surface area contributed by atoms with Crippen molar-refractivity contribution < 1.29 is 10.9 Å². The van der Waals surface area contributed by atoms with E-state index in [1.807, 2.05) is 49.4 Å². The lowest BCUT2D eigenvalue weighted by Crippen LogP contribution is -1.77. The molecule has 0 fully saturated rings. The maximum Gasteiger partial charge on any atom is 0.213 e. The number of hydrogen-bond acceptors (Lipinski definition) is 3. The zero-order valence-electron chi connectivity index (χ0n) is 14.0. The molecule has 3 nitrogen and oxygen atoms in total. The molecule has 2 aromatic heterocycles. The second kappa shape index (κ2) is 11.8. The van der Waals surface area contributed by atoms with Gasteiger partial charge in [-0.05, 0) is 30.7 Å². The van der Waals surface area contributed by atoms with Crippen molar-refractivity contribution in [3.63, 3.8) is 0 Å². The molecular formula is C18H18Br2FN2O-. The smallest absolute Gasteiger partial charge is 0.213 e. The Morgan fingerprint density at radius 2 is 1.54 bits per heavy atom. The third-order valence-electron chi connectivity index (χ3n) is 2.57. The van der Waals surface area contributed by atoms with Crippen LogP contribution in [0.2, 0.25) is 0 Å². The SMILES string of the molecule is Cc1cc(Br)ccn1.Fc1cc(Br)ccn1.OCc1ccccc1.[2H-]. The van der Waals surface area contributed by atoms with Crippen LogP contribution in [0.3, 0.4) is 0 Å². The molecule has 6 heteroatoms. The van der Waals surface area contributed by atoms with Crippen molar-refractivity contribution in [1.82, 2.24) is 9.97 Å². The maximum atomic E-state index is 12.0. The largest absolute Gasteiger partial charge is 1.00 e. The highest BCUT2D eigenvalue weighted by Crippen LogP contribution is 2.07. The van der Waals surface area contributed by atoms with Gasteiger partial charge in [0, 0.05) is 33.1 Å². The predicted molar refractivity (Wildman–Crippen MR) is 102 cm³/mol. The summed E-state index contributed by atoms with van der Waals surface area (Å²) in [7, 11) is 0. The zero-order valence-corrected chi connectivity index (χ0v) is 16.2. The van der Waals surface area contributed by atoms with Gasteiger partial charge in [-0.1, -0.05) is 62.2 Å². The first kappa shape index (κ1) is 20.4. The number of rotatable bonds is 1. The molecule has 3 aromatic rings. The minimum atomic E-state index is -0.459. The van der Waals surface area contributed by atoms with Crippen molar-refractivity contribution in [1.29, 1.82) is 0 Å². The van der Waals surface area contributed by atoms with Crippen LogP contribution in [0.15, 0.2) is 75.9 Å². The molecule has 0 bridgehead atoms. The van der Waals surface area contributed by atoms with E-state index in [4.69, 9.17) is 5.11 Å². The summed E-state index contributed by atoms with van der Waals surface area (Å²) >= 11 is 6.40.